The number of benzene rings is 2. The fourth-order valence-electron chi connectivity index (χ4n) is 2.24. The van der Waals surface area contributed by atoms with Crippen LogP contribution in [0.2, 0.25) is 5.02 Å². The molecule has 134 valence electrons. The van der Waals surface area contributed by atoms with Crippen LogP contribution in [0.15, 0.2) is 60.8 Å². The first-order valence-electron chi connectivity index (χ1n) is 7.81. The summed E-state index contributed by atoms with van der Waals surface area (Å²) in [6.07, 6.45) is 1.67. The molecule has 0 N–H and O–H groups in total. The van der Waals surface area contributed by atoms with Gasteiger partial charge < -0.3 is 4.74 Å². The Labute approximate surface area is 174 Å². The highest BCUT2D eigenvalue weighted by Gasteiger charge is 2.07. The molecule has 0 bridgehead atoms. The smallest absolute Gasteiger partial charge is 0.270 e. The van der Waals surface area contributed by atoms with E-state index in [1.54, 1.807) is 36.5 Å². The van der Waals surface area contributed by atoms with Crippen LogP contribution in [0.5, 0.6) is 5.75 Å². The molecule has 0 spiro atoms. The summed E-state index contributed by atoms with van der Waals surface area (Å²) in [5.74, 6) is 6.63. The summed E-state index contributed by atoms with van der Waals surface area (Å²) >= 11 is 8.19. The summed E-state index contributed by atoms with van der Waals surface area (Å²) in [7, 11) is 0. The predicted molar refractivity (Wildman–Crippen MR) is 112 cm³/mol. The van der Waals surface area contributed by atoms with Crippen LogP contribution >= 0.6 is 34.2 Å². The van der Waals surface area contributed by atoms with Crippen LogP contribution in [-0.4, -0.2) is 9.91 Å². The molecule has 27 heavy (non-hydrogen) atoms. The van der Waals surface area contributed by atoms with Gasteiger partial charge in [-0.3, -0.25) is 15.1 Å². The molecule has 7 heteroatoms. The molecule has 0 unspecified atom stereocenters. The number of aromatic nitrogens is 1. The number of nitro groups is 1. The number of ether oxygens (including phenoxy) is 1. The van der Waals surface area contributed by atoms with E-state index in [1.807, 2.05) is 12.1 Å². The lowest BCUT2D eigenvalue weighted by Gasteiger charge is -2.09. The normalized spacial score (nSPS) is 10.0. The average Bonchev–Trinajstić information content (AvgIpc) is 2.68. The molecule has 0 fully saturated rings. The van der Waals surface area contributed by atoms with Crippen molar-refractivity contribution < 1.29 is 9.66 Å². The van der Waals surface area contributed by atoms with Crippen LogP contribution in [-0.2, 0) is 6.61 Å². The van der Waals surface area contributed by atoms with Crippen molar-refractivity contribution in [1.82, 2.24) is 4.98 Å². The summed E-state index contributed by atoms with van der Waals surface area (Å²) in [5.41, 5.74) is 1.93. The molecule has 5 nitrogen and oxygen atoms in total. The topological polar surface area (TPSA) is 65.3 Å². The Balaban J connectivity index is 1.82. The first-order valence-corrected chi connectivity index (χ1v) is 9.27. The monoisotopic (exact) mass is 490 g/mol. The van der Waals surface area contributed by atoms with Crippen molar-refractivity contribution in [3.05, 3.63) is 96.3 Å². The first kappa shape index (κ1) is 19.1. The highest BCUT2D eigenvalue weighted by atomic mass is 127. The molecular weight excluding hydrogens is 479 g/mol. The number of rotatable bonds is 4. The van der Waals surface area contributed by atoms with Crippen molar-refractivity contribution in [2.75, 3.05) is 0 Å². The van der Waals surface area contributed by atoms with Gasteiger partial charge in [-0.1, -0.05) is 29.5 Å². The standard InChI is InChI=1S/C20H12ClIN2O3/c21-16-8-9-18(22)20(12-16)27-13-19-15(4-2-10-23-19)7-6-14-3-1-5-17(11-14)24(25)26/h1-5,8-12H,13H2. The third-order valence-electron chi connectivity index (χ3n) is 3.55. The molecule has 0 radical (unpaired) electrons. The zero-order chi connectivity index (χ0) is 19.2. The van der Waals surface area contributed by atoms with Crippen molar-refractivity contribution in [1.29, 1.82) is 0 Å². The van der Waals surface area contributed by atoms with Gasteiger partial charge in [-0.2, -0.15) is 0 Å². The highest BCUT2D eigenvalue weighted by Crippen LogP contribution is 2.25. The van der Waals surface area contributed by atoms with E-state index in [0.29, 0.717) is 27.6 Å². The molecule has 0 aliphatic rings. The van der Waals surface area contributed by atoms with Gasteiger partial charge in [0.1, 0.15) is 12.4 Å². The Morgan fingerprint density at radius 3 is 2.81 bits per heavy atom. The molecule has 0 atom stereocenters. The summed E-state index contributed by atoms with van der Waals surface area (Å²) in [5, 5.41) is 11.5. The fourth-order valence-corrected chi connectivity index (χ4v) is 2.89. The molecule has 1 aromatic heterocycles. The van der Waals surface area contributed by atoms with Gasteiger partial charge in [0.05, 0.1) is 14.2 Å². The molecule has 1 heterocycles. The van der Waals surface area contributed by atoms with Crippen LogP contribution in [0.3, 0.4) is 0 Å². The van der Waals surface area contributed by atoms with E-state index in [0.717, 1.165) is 3.57 Å². The Kier molecular flexibility index (Phi) is 6.27. The second-order valence-electron chi connectivity index (χ2n) is 5.42. The summed E-state index contributed by atoms with van der Waals surface area (Å²) < 4.78 is 6.78. The molecule has 0 amide bonds. The third-order valence-corrected chi connectivity index (χ3v) is 4.67. The third kappa shape index (κ3) is 5.18. The molecule has 0 saturated heterocycles. The van der Waals surface area contributed by atoms with Crippen LogP contribution < -0.4 is 4.74 Å². The molecule has 3 rings (SSSR count). The summed E-state index contributed by atoms with van der Waals surface area (Å²) in [4.78, 5) is 14.8. The maximum Gasteiger partial charge on any atom is 0.270 e. The maximum atomic E-state index is 10.9. The first-order chi connectivity index (χ1) is 13.0. The van der Waals surface area contributed by atoms with Gasteiger partial charge in [0.25, 0.3) is 5.69 Å². The molecule has 0 aliphatic heterocycles. The maximum absolute atomic E-state index is 10.9. The van der Waals surface area contributed by atoms with Crippen molar-refractivity contribution in [3.8, 4) is 17.6 Å². The number of pyridine rings is 1. The van der Waals surface area contributed by atoms with Gasteiger partial charge in [-0.15, -0.1) is 0 Å². The van der Waals surface area contributed by atoms with Gasteiger partial charge in [-0.05, 0) is 59.0 Å². The van der Waals surface area contributed by atoms with Crippen molar-refractivity contribution in [3.63, 3.8) is 0 Å². The van der Waals surface area contributed by atoms with E-state index in [1.165, 1.54) is 12.1 Å². The number of hydrogen-bond acceptors (Lipinski definition) is 4. The lowest BCUT2D eigenvalue weighted by Crippen LogP contribution is -2.02. The number of nitrogens with zero attached hydrogens (tertiary/aromatic N) is 2. The number of halogens is 2. The average molecular weight is 491 g/mol. The SMILES string of the molecule is O=[N+]([O-])c1cccc(C#Cc2cccnc2COc2cc(Cl)ccc2I)c1. The lowest BCUT2D eigenvalue weighted by atomic mass is 10.1. The van der Waals surface area contributed by atoms with Crippen molar-refractivity contribution >= 4 is 39.9 Å². The molecular formula is C20H12ClIN2O3. The van der Waals surface area contributed by atoms with Crippen LogP contribution in [0, 0.1) is 25.5 Å². The van der Waals surface area contributed by atoms with Crippen LogP contribution in [0.25, 0.3) is 0 Å². The number of non-ortho nitro benzene ring substituents is 1. The van der Waals surface area contributed by atoms with E-state index in [4.69, 9.17) is 16.3 Å². The minimum atomic E-state index is -0.443. The fraction of sp³-hybridized carbons (Fsp3) is 0.0500. The van der Waals surface area contributed by atoms with E-state index in [-0.39, 0.29) is 12.3 Å². The van der Waals surface area contributed by atoms with Crippen molar-refractivity contribution in [2.45, 2.75) is 6.61 Å². The minimum Gasteiger partial charge on any atom is -0.486 e. The summed E-state index contributed by atoms with van der Waals surface area (Å²) in [6, 6.07) is 15.2. The quantitative estimate of drug-likeness (QED) is 0.217. The zero-order valence-electron chi connectivity index (χ0n) is 13.9. The highest BCUT2D eigenvalue weighted by molar-refractivity contribution is 14.1. The largest absolute Gasteiger partial charge is 0.486 e. The Bertz CT molecular complexity index is 1060. The van der Waals surface area contributed by atoms with Crippen LogP contribution in [0.1, 0.15) is 16.8 Å². The van der Waals surface area contributed by atoms with Gasteiger partial charge in [0.15, 0.2) is 0 Å². The molecule has 0 saturated carbocycles. The zero-order valence-corrected chi connectivity index (χ0v) is 16.8. The number of hydrogen-bond donors (Lipinski definition) is 0. The minimum absolute atomic E-state index is 0.00655. The van der Waals surface area contributed by atoms with E-state index in [2.05, 4.69) is 39.4 Å². The molecule has 3 aromatic rings. The van der Waals surface area contributed by atoms with E-state index < -0.39 is 4.92 Å². The Morgan fingerprint density at radius 2 is 2.00 bits per heavy atom. The van der Waals surface area contributed by atoms with Crippen LogP contribution in [0.4, 0.5) is 5.69 Å². The second kappa shape index (κ2) is 8.84. The van der Waals surface area contributed by atoms with E-state index in [9.17, 15) is 10.1 Å². The number of nitro benzene ring substituents is 1. The molecule has 0 aliphatic carbocycles. The van der Waals surface area contributed by atoms with E-state index >= 15 is 0 Å². The lowest BCUT2D eigenvalue weighted by molar-refractivity contribution is -0.384. The van der Waals surface area contributed by atoms with Crippen molar-refractivity contribution in [2.24, 2.45) is 0 Å². The second-order valence-corrected chi connectivity index (χ2v) is 7.02. The predicted octanol–water partition coefficient (Wildman–Crippen LogP) is 5.23. The Morgan fingerprint density at radius 1 is 1.15 bits per heavy atom. The molecule has 2 aromatic carbocycles. The summed E-state index contributed by atoms with van der Waals surface area (Å²) in [6.45, 7) is 0.232. The van der Waals surface area contributed by atoms with Gasteiger partial charge in [-0.25, -0.2) is 0 Å². The van der Waals surface area contributed by atoms with Gasteiger partial charge in [0.2, 0.25) is 0 Å². The van der Waals surface area contributed by atoms with Gasteiger partial charge in [0, 0.05) is 34.5 Å². The van der Waals surface area contributed by atoms with Gasteiger partial charge >= 0.3 is 0 Å². The Hall–Kier alpha value is -2.63.